The zero-order chi connectivity index (χ0) is 19.7. The van der Waals surface area contributed by atoms with Gasteiger partial charge in [0.25, 0.3) is 5.91 Å². The topological polar surface area (TPSA) is 108 Å². The third kappa shape index (κ3) is 3.35. The molecular weight excluding hydrogens is 358 g/mol. The maximum atomic E-state index is 12.0. The third-order valence-electron chi connectivity index (χ3n) is 5.02. The first kappa shape index (κ1) is 18.5. The number of hydrogen-bond donors (Lipinski definition) is 2. The molecule has 3 heterocycles. The van der Waals surface area contributed by atoms with Crippen LogP contribution in [0, 0.1) is 0 Å². The van der Waals surface area contributed by atoms with E-state index in [9.17, 15) is 4.79 Å². The maximum Gasteiger partial charge on any atom is 0.252 e. The Morgan fingerprint density at radius 3 is 2.93 bits per heavy atom. The second-order valence-electron chi connectivity index (χ2n) is 6.91. The van der Waals surface area contributed by atoms with Crippen molar-refractivity contribution in [2.75, 3.05) is 13.2 Å². The van der Waals surface area contributed by atoms with E-state index < -0.39 is 5.91 Å². The quantitative estimate of drug-likeness (QED) is 0.680. The van der Waals surface area contributed by atoms with E-state index in [1.807, 2.05) is 19.1 Å². The number of amides is 1. The molecule has 0 saturated carbocycles. The van der Waals surface area contributed by atoms with Crippen LogP contribution in [0.2, 0.25) is 0 Å². The summed E-state index contributed by atoms with van der Waals surface area (Å²) >= 11 is 0. The number of hydrogen-bond acceptors (Lipinski definition) is 5. The lowest BCUT2D eigenvalue weighted by Gasteiger charge is -2.22. The minimum Gasteiger partial charge on any atom is -0.494 e. The number of carbonyl (C=O) groups excluding carboxylic acids is 1. The zero-order valence-corrected chi connectivity index (χ0v) is 16.2. The van der Waals surface area contributed by atoms with Gasteiger partial charge in [0.15, 0.2) is 5.82 Å². The first-order valence-electron chi connectivity index (χ1n) is 9.77. The summed E-state index contributed by atoms with van der Waals surface area (Å²) in [6.45, 7) is 5.32. The number of nitrogens with two attached hydrogens (primary N) is 1. The second kappa shape index (κ2) is 7.63. The molecule has 4 rings (SSSR count). The summed E-state index contributed by atoms with van der Waals surface area (Å²) in [6, 6.07) is 3.95. The molecule has 3 aromatic rings. The Balaban J connectivity index is 1.78. The van der Waals surface area contributed by atoms with Crippen LogP contribution < -0.4 is 10.5 Å². The number of H-pyrrole nitrogens is 1. The molecule has 3 N–H and O–H groups in total. The highest BCUT2D eigenvalue weighted by Gasteiger charge is 2.24. The van der Waals surface area contributed by atoms with Gasteiger partial charge in [-0.25, -0.2) is 9.67 Å². The molecule has 1 aliphatic rings. The van der Waals surface area contributed by atoms with Gasteiger partial charge in [-0.3, -0.25) is 4.79 Å². The number of aromatic amines is 1. The minimum absolute atomic E-state index is 0.179. The Morgan fingerprint density at radius 2 is 2.25 bits per heavy atom. The lowest BCUT2D eigenvalue weighted by atomic mass is 10.1. The van der Waals surface area contributed by atoms with Gasteiger partial charge in [0, 0.05) is 18.9 Å². The van der Waals surface area contributed by atoms with Crippen LogP contribution in [0.15, 0.2) is 18.3 Å². The number of carbonyl (C=O) groups is 1. The van der Waals surface area contributed by atoms with Crippen LogP contribution in [0.25, 0.3) is 22.6 Å². The molecule has 0 spiro atoms. The first-order valence-corrected chi connectivity index (χ1v) is 9.77. The molecule has 8 nitrogen and oxygen atoms in total. The molecule has 0 radical (unpaired) electrons. The normalized spacial score (nSPS) is 17.1. The van der Waals surface area contributed by atoms with Crippen molar-refractivity contribution in [3.05, 3.63) is 29.5 Å². The van der Waals surface area contributed by atoms with Crippen LogP contribution in [0.5, 0.6) is 5.75 Å². The monoisotopic (exact) mass is 383 g/mol. The summed E-state index contributed by atoms with van der Waals surface area (Å²) < 4.78 is 13.2. The van der Waals surface area contributed by atoms with Crippen molar-refractivity contribution in [2.45, 2.75) is 45.8 Å². The summed E-state index contributed by atoms with van der Waals surface area (Å²) in [5, 5.41) is 4.59. The van der Waals surface area contributed by atoms with Gasteiger partial charge in [0.1, 0.15) is 17.7 Å². The van der Waals surface area contributed by atoms with E-state index in [1.54, 1.807) is 10.9 Å². The van der Waals surface area contributed by atoms with Crippen LogP contribution in [0.4, 0.5) is 0 Å². The number of aryl methyl sites for hydroxylation is 1. The van der Waals surface area contributed by atoms with Gasteiger partial charge >= 0.3 is 0 Å². The number of rotatable bonds is 6. The lowest BCUT2D eigenvalue weighted by molar-refractivity contribution is -0.0393. The van der Waals surface area contributed by atoms with E-state index in [0.717, 1.165) is 48.0 Å². The van der Waals surface area contributed by atoms with Crippen molar-refractivity contribution in [1.29, 1.82) is 0 Å². The fourth-order valence-electron chi connectivity index (χ4n) is 3.59. The van der Waals surface area contributed by atoms with Crippen molar-refractivity contribution < 1.29 is 14.3 Å². The maximum absolute atomic E-state index is 12.0. The number of nitrogens with zero attached hydrogens (tertiary/aromatic N) is 3. The second-order valence-corrected chi connectivity index (χ2v) is 6.91. The van der Waals surface area contributed by atoms with E-state index in [4.69, 9.17) is 15.2 Å². The molecule has 1 unspecified atom stereocenters. The summed E-state index contributed by atoms with van der Waals surface area (Å²) in [6.07, 6.45) is 5.29. The minimum atomic E-state index is -0.540. The van der Waals surface area contributed by atoms with Crippen molar-refractivity contribution in [3.63, 3.8) is 0 Å². The van der Waals surface area contributed by atoms with Crippen LogP contribution in [0.1, 0.15) is 55.3 Å². The van der Waals surface area contributed by atoms with Gasteiger partial charge < -0.3 is 20.2 Å². The molecule has 8 heteroatoms. The van der Waals surface area contributed by atoms with Crippen molar-refractivity contribution in [3.8, 4) is 17.3 Å². The molecule has 1 aromatic carbocycles. The van der Waals surface area contributed by atoms with Gasteiger partial charge in [-0.2, -0.15) is 5.10 Å². The number of nitrogens with one attached hydrogen (secondary N) is 1. The number of imidazole rings is 1. The molecule has 148 valence electrons. The summed E-state index contributed by atoms with van der Waals surface area (Å²) in [5.74, 6) is 0.794. The molecule has 2 aromatic heterocycles. The highest BCUT2D eigenvalue weighted by molar-refractivity contribution is 5.98. The Bertz CT molecular complexity index is 1000. The van der Waals surface area contributed by atoms with Crippen LogP contribution in [0.3, 0.4) is 0 Å². The largest absolute Gasteiger partial charge is 0.494 e. The molecule has 1 fully saturated rings. The van der Waals surface area contributed by atoms with Crippen LogP contribution >= 0.6 is 0 Å². The summed E-state index contributed by atoms with van der Waals surface area (Å²) in [5.41, 5.74) is 9.10. The zero-order valence-electron chi connectivity index (χ0n) is 16.2. The van der Waals surface area contributed by atoms with E-state index in [0.29, 0.717) is 30.3 Å². The van der Waals surface area contributed by atoms with Crippen molar-refractivity contribution in [1.82, 2.24) is 19.7 Å². The van der Waals surface area contributed by atoms with Crippen LogP contribution in [-0.2, 0) is 11.2 Å². The molecule has 28 heavy (non-hydrogen) atoms. The fourth-order valence-corrected chi connectivity index (χ4v) is 3.59. The Hall–Kier alpha value is -2.87. The van der Waals surface area contributed by atoms with Crippen molar-refractivity contribution >= 4 is 16.9 Å². The van der Waals surface area contributed by atoms with Gasteiger partial charge in [0.05, 0.1) is 23.2 Å². The standard InChI is InChI=1S/C20H25N5O3/c1-3-12-9-14-15(10-16(12)27-4-2)23-20(22-14)18-13(19(21)26)11-25(24-18)17-7-5-6-8-28-17/h9-11,17H,3-8H2,1-2H3,(H2,21,26)(H,22,23). The SMILES string of the molecule is CCOc1cc2nc(-c3nn(C4CCCCO4)cc3C(N)=O)[nH]c2cc1CC. The van der Waals surface area contributed by atoms with E-state index >= 15 is 0 Å². The van der Waals surface area contributed by atoms with Gasteiger partial charge in [-0.05, 0) is 44.2 Å². The third-order valence-corrected chi connectivity index (χ3v) is 5.02. The van der Waals surface area contributed by atoms with Gasteiger partial charge in [-0.15, -0.1) is 0 Å². The number of ether oxygens (including phenoxy) is 2. The average molecular weight is 383 g/mol. The molecule has 1 saturated heterocycles. The lowest BCUT2D eigenvalue weighted by Crippen LogP contribution is -2.18. The smallest absolute Gasteiger partial charge is 0.252 e. The predicted molar refractivity (Wildman–Crippen MR) is 105 cm³/mol. The molecule has 1 atom stereocenters. The van der Waals surface area contributed by atoms with E-state index in [1.165, 1.54) is 0 Å². The number of primary amides is 1. The Morgan fingerprint density at radius 1 is 1.39 bits per heavy atom. The summed E-state index contributed by atoms with van der Waals surface area (Å²) in [7, 11) is 0. The highest BCUT2D eigenvalue weighted by atomic mass is 16.5. The first-order chi connectivity index (χ1) is 13.6. The number of benzene rings is 1. The Labute approximate surface area is 163 Å². The highest BCUT2D eigenvalue weighted by Crippen LogP contribution is 2.30. The molecule has 0 bridgehead atoms. The fraction of sp³-hybridized carbons (Fsp3) is 0.450. The predicted octanol–water partition coefficient (Wildman–Crippen LogP) is 3.19. The van der Waals surface area contributed by atoms with E-state index in [-0.39, 0.29) is 6.23 Å². The molecule has 0 aliphatic carbocycles. The molecular formula is C20H25N5O3. The van der Waals surface area contributed by atoms with Gasteiger partial charge in [0.2, 0.25) is 0 Å². The van der Waals surface area contributed by atoms with Gasteiger partial charge in [-0.1, -0.05) is 6.92 Å². The average Bonchev–Trinajstić information content (AvgIpc) is 3.32. The van der Waals surface area contributed by atoms with Crippen molar-refractivity contribution in [2.24, 2.45) is 5.73 Å². The number of aromatic nitrogens is 4. The summed E-state index contributed by atoms with van der Waals surface area (Å²) in [4.78, 5) is 19.9. The Kier molecular flexibility index (Phi) is 5.04. The van der Waals surface area contributed by atoms with E-state index in [2.05, 4.69) is 22.0 Å². The van der Waals surface area contributed by atoms with Crippen LogP contribution in [-0.4, -0.2) is 38.9 Å². The molecule has 1 amide bonds. The number of fused-ring (bicyclic) bond motifs is 1. The molecule has 1 aliphatic heterocycles.